The van der Waals surface area contributed by atoms with Gasteiger partial charge in [-0.1, -0.05) is 17.7 Å². The third-order valence-electron chi connectivity index (χ3n) is 2.48. The number of hydrogen-bond donors (Lipinski definition) is 1. The number of aryl methyl sites for hydroxylation is 1. The molecule has 0 spiro atoms. The fourth-order valence-corrected chi connectivity index (χ4v) is 1.83. The molecule has 0 saturated carbocycles. The van der Waals surface area contributed by atoms with E-state index < -0.39 is 4.92 Å². The van der Waals surface area contributed by atoms with Crippen LogP contribution in [0.2, 0.25) is 5.02 Å². The van der Waals surface area contributed by atoms with Crippen molar-refractivity contribution < 1.29 is 4.92 Å². The van der Waals surface area contributed by atoms with Gasteiger partial charge in [-0.2, -0.15) is 0 Å². The Morgan fingerprint density at radius 2 is 1.83 bits per heavy atom. The van der Waals surface area contributed by atoms with Gasteiger partial charge < -0.3 is 5.32 Å². The summed E-state index contributed by atoms with van der Waals surface area (Å²) in [4.78, 5) is 10.1. The van der Waals surface area contributed by atoms with E-state index in [-0.39, 0.29) is 5.69 Å². The molecule has 5 heteroatoms. The molecule has 0 saturated heterocycles. The van der Waals surface area contributed by atoms with Gasteiger partial charge in [0.2, 0.25) is 0 Å². The largest absolute Gasteiger partial charge is 0.354 e. The Morgan fingerprint density at radius 1 is 1.17 bits per heavy atom. The van der Waals surface area contributed by atoms with Gasteiger partial charge in [0.1, 0.15) is 0 Å². The van der Waals surface area contributed by atoms with Crippen LogP contribution < -0.4 is 5.32 Å². The molecule has 0 unspecified atom stereocenters. The van der Waals surface area contributed by atoms with Crippen molar-refractivity contribution >= 4 is 28.7 Å². The normalized spacial score (nSPS) is 10.1. The van der Waals surface area contributed by atoms with Crippen molar-refractivity contribution in [3.8, 4) is 0 Å². The third kappa shape index (κ3) is 2.78. The highest BCUT2D eigenvalue weighted by Gasteiger charge is 2.05. The molecule has 0 aliphatic rings. The molecule has 2 rings (SSSR count). The van der Waals surface area contributed by atoms with E-state index in [0.717, 1.165) is 16.9 Å². The molecule has 4 nitrogen and oxygen atoms in total. The van der Waals surface area contributed by atoms with E-state index in [4.69, 9.17) is 11.6 Å². The molecule has 0 amide bonds. The minimum Gasteiger partial charge on any atom is -0.354 e. The van der Waals surface area contributed by atoms with Gasteiger partial charge in [0.25, 0.3) is 5.69 Å². The van der Waals surface area contributed by atoms with Gasteiger partial charge in [-0.25, -0.2) is 0 Å². The number of anilines is 2. The van der Waals surface area contributed by atoms with Gasteiger partial charge in [-0.05, 0) is 36.8 Å². The standard InChI is InChI=1S/C13H11ClN2O2/c1-9-2-7-13(12(14)8-9)15-10-3-5-11(6-4-10)16(17)18/h2-8,15H,1H3. The second-order valence-electron chi connectivity index (χ2n) is 3.91. The molecule has 0 heterocycles. The monoisotopic (exact) mass is 262 g/mol. The zero-order valence-electron chi connectivity index (χ0n) is 9.68. The second kappa shape index (κ2) is 5.06. The Kier molecular flexibility index (Phi) is 3.48. The molecule has 0 aromatic heterocycles. The van der Waals surface area contributed by atoms with E-state index >= 15 is 0 Å². The van der Waals surface area contributed by atoms with E-state index in [1.165, 1.54) is 12.1 Å². The molecule has 2 aromatic carbocycles. The van der Waals surface area contributed by atoms with E-state index in [1.807, 2.05) is 25.1 Å². The number of nitrogens with one attached hydrogen (secondary N) is 1. The predicted molar refractivity (Wildman–Crippen MR) is 72.6 cm³/mol. The van der Waals surface area contributed by atoms with Crippen LogP contribution in [0.5, 0.6) is 0 Å². The van der Waals surface area contributed by atoms with Crippen LogP contribution in [0.15, 0.2) is 42.5 Å². The minimum absolute atomic E-state index is 0.0653. The van der Waals surface area contributed by atoms with Crippen molar-refractivity contribution in [2.24, 2.45) is 0 Å². The van der Waals surface area contributed by atoms with Crippen LogP contribution in [-0.4, -0.2) is 4.92 Å². The fraction of sp³-hybridized carbons (Fsp3) is 0.0769. The molecule has 92 valence electrons. The number of nitrogens with zero attached hydrogens (tertiary/aromatic N) is 1. The first-order chi connectivity index (χ1) is 8.56. The Bertz CT molecular complexity index is 582. The smallest absolute Gasteiger partial charge is 0.269 e. The van der Waals surface area contributed by atoms with Crippen molar-refractivity contribution in [2.45, 2.75) is 6.92 Å². The molecular weight excluding hydrogens is 252 g/mol. The van der Waals surface area contributed by atoms with Crippen molar-refractivity contribution in [1.82, 2.24) is 0 Å². The van der Waals surface area contributed by atoms with Crippen LogP contribution in [0, 0.1) is 17.0 Å². The molecule has 0 bridgehead atoms. The van der Waals surface area contributed by atoms with Crippen molar-refractivity contribution in [3.05, 3.63) is 63.2 Å². The summed E-state index contributed by atoms with van der Waals surface area (Å²) in [5.41, 5.74) is 2.67. The minimum atomic E-state index is -0.428. The van der Waals surface area contributed by atoms with Crippen molar-refractivity contribution in [1.29, 1.82) is 0 Å². The molecule has 0 aliphatic carbocycles. The molecule has 2 aromatic rings. The van der Waals surface area contributed by atoms with Crippen LogP contribution in [0.4, 0.5) is 17.1 Å². The summed E-state index contributed by atoms with van der Waals surface area (Å²) >= 11 is 6.09. The van der Waals surface area contributed by atoms with Crippen LogP contribution in [0.25, 0.3) is 0 Å². The van der Waals surface area contributed by atoms with Crippen LogP contribution in [0.3, 0.4) is 0 Å². The third-order valence-corrected chi connectivity index (χ3v) is 2.79. The highest BCUT2D eigenvalue weighted by molar-refractivity contribution is 6.33. The van der Waals surface area contributed by atoms with Crippen molar-refractivity contribution in [3.63, 3.8) is 0 Å². The highest BCUT2D eigenvalue weighted by Crippen LogP contribution is 2.27. The van der Waals surface area contributed by atoms with E-state index in [0.29, 0.717) is 5.02 Å². The van der Waals surface area contributed by atoms with E-state index in [1.54, 1.807) is 12.1 Å². The topological polar surface area (TPSA) is 55.2 Å². The lowest BCUT2D eigenvalue weighted by Crippen LogP contribution is -1.92. The Balaban J connectivity index is 2.21. The van der Waals surface area contributed by atoms with Gasteiger partial charge >= 0.3 is 0 Å². The summed E-state index contributed by atoms with van der Waals surface area (Å²) in [6, 6.07) is 11.9. The summed E-state index contributed by atoms with van der Waals surface area (Å²) in [7, 11) is 0. The SMILES string of the molecule is Cc1ccc(Nc2ccc([N+](=O)[O-])cc2)c(Cl)c1. The number of nitro benzene ring substituents is 1. The first-order valence-corrected chi connectivity index (χ1v) is 5.72. The van der Waals surface area contributed by atoms with Crippen LogP contribution >= 0.6 is 11.6 Å². The lowest BCUT2D eigenvalue weighted by molar-refractivity contribution is -0.384. The highest BCUT2D eigenvalue weighted by atomic mass is 35.5. The van der Waals surface area contributed by atoms with Gasteiger partial charge in [0.15, 0.2) is 0 Å². The van der Waals surface area contributed by atoms with Gasteiger partial charge in [0, 0.05) is 17.8 Å². The summed E-state index contributed by atoms with van der Waals surface area (Å²) in [6.45, 7) is 1.96. The van der Waals surface area contributed by atoms with Crippen LogP contribution in [-0.2, 0) is 0 Å². The molecule has 0 fully saturated rings. The summed E-state index contributed by atoms with van der Waals surface area (Å²) < 4.78 is 0. The maximum absolute atomic E-state index is 10.5. The molecule has 0 aliphatic heterocycles. The Morgan fingerprint density at radius 3 is 2.39 bits per heavy atom. The number of benzene rings is 2. The molecular formula is C13H11ClN2O2. The number of non-ortho nitro benzene ring substituents is 1. The average Bonchev–Trinajstić information content (AvgIpc) is 2.33. The van der Waals surface area contributed by atoms with Gasteiger partial charge in [0.05, 0.1) is 15.6 Å². The average molecular weight is 263 g/mol. The summed E-state index contributed by atoms with van der Waals surface area (Å²) in [5, 5.41) is 14.3. The number of rotatable bonds is 3. The second-order valence-corrected chi connectivity index (χ2v) is 4.32. The predicted octanol–water partition coefficient (Wildman–Crippen LogP) is 4.30. The first kappa shape index (κ1) is 12.4. The molecule has 1 N–H and O–H groups in total. The van der Waals surface area contributed by atoms with E-state index in [2.05, 4.69) is 5.32 Å². The van der Waals surface area contributed by atoms with Gasteiger partial charge in [-0.3, -0.25) is 10.1 Å². The molecule has 0 atom stereocenters. The lowest BCUT2D eigenvalue weighted by Gasteiger charge is -2.08. The van der Waals surface area contributed by atoms with Crippen LogP contribution in [0.1, 0.15) is 5.56 Å². The van der Waals surface area contributed by atoms with Crippen molar-refractivity contribution in [2.75, 3.05) is 5.32 Å². The Labute approximate surface area is 109 Å². The Hall–Kier alpha value is -2.07. The number of nitro groups is 1. The zero-order valence-corrected chi connectivity index (χ0v) is 10.4. The molecule has 18 heavy (non-hydrogen) atoms. The maximum Gasteiger partial charge on any atom is 0.269 e. The lowest BCUT2D eigenvalue weighted by atomic mass is 10.2. The van der Waals surface area contributed by atoms with Gasteiger partial charge in [-0.15, -0.1) is 0 Å². The summed E-state index contributed by atoms with van der Waals surface area (Å²) in [5.74, 6) is 0. The fourth-order valence-electron chi connectivity index (χ4n) is 1.54. The quantitative estimate of drug-likeness (QED) is 0.663. The van der Waals surface area contributed by atoms with E-state index in [9.17, 15) is 10.1 Å². The molecule has 0 radical (unpaired) electrons. The maximum atomic E-state index is 10.5. The summed E-state index contributed by atoms with van der Waals surface area (Å²) in [6.07, 6.45) is 0. The first-order valence-electron chi connectivity index (χ1n) is 5.34. The zero-order chi connectivity index (χ0) is 13.1. The number of halogens is 1. The number of hydrogen-bond acceptors (Lipinski definition) is 3.